The van der Waals surface area contributed by atoms with Crippen LogP contribution in [0.4, 0.5) is 5.69 Å². The van der Waals surface area contributed by atoms with Crippen molar-refractivity contribution in [2.75, 3.05) is 11.2 Å². The predicted octanol–water partition coefficient (Wildman–Crippen LogP) is 2.36. The molecule has 17 heavy (non-hydrogen) atoms. The van der Waals surface area contributed by atoms with Crippen LogP contribution in [0.1, 0.15) is 5.69 Å². The number of halogens is 1. The van der Waals surface area contributed by atoms with Crippen LogP contribution < -0.4 is 5.32 Å². The number of carbonyl (C=O) groups excluding carboxylic acids is 1. The largest absolute Gasteiger partial charge is 0.325 e. The molecule has 88 valence electrons. The van der Waals surface area contributed by atoms with Crippen LogP contribution in [0.25, 0.3) is 5.69 Å². The molecule has 1 aromatic heterocycles. The predicted molar refractivity (Wildman–Crippen MR) is 67.7 cm³/mol. The summed E-state index contributed by atoms with van der Waals surface area (Å²) in [5, 5.41) is 7.00. The SMILES string of the molecule is Cc1ccn(-c2cccc(NC(=O)CCl)c2)n1. The minimum Gasteiger partial charge on any atom is -0.325 e. The molecular weight excluding hydrogens is 238 g/mol. The highest BCUT2D eigenvalue weighted by molar-refractivity contribution is 6.29. The van der Waals surface area contributed by atoms with Gasteiger partial charge in [0.2, 0.25) is 5.91 Å². The molecule has 0 fully saturated rings. The van der Waals surface area contributed by atoms with Crippen molar-refractivity contribution in [2.24, 2.45) is 0 Å². The van der Waals surface area contributed by atoms with Gasteiger partial charge in [-0.1, -0.05) is 6.07 Å². The number of aryl methyl sites for hydroxylation is 1. The van der Waals surface area contributed by atoms with Crippen molar-refractivity contribution in [3.63, 3.8) is 0 Å². The third-order valence-corrected chi connectivity index (χ3v) is 2.48. The molecule has 1 aromatic carbocycles. The fourth-order valence-electron chi connectivity index (χ4n) is 1.48. The van der Waals surface area contributed by atoms with Crippen molar-refractivity contribution in [3.8, 4) is 5.69 Å². The van der Waals surface area contributed by atoms with Crippen molar-refractivity contribution in [2.45, 2.75) is 6.92 Å². The van der Waals surface area contributed by atoms with E-state index in [-0.39, 0.29) is 11.8 Å². The first-order valence-corrected chi connectivity index (χ1v) is 5.71. The summed E-state index contributed by atoms with van der Waals surface area (Å²) < 4.78 is 1.76. The number of rotatable bonds is 3. The standard InChI is InChI=1S/C12H12ClN3O/c1-9-5-6-16(15-9)11-4-2-3-10(7-11)14-12(17)8-13/h2-7H,8H2,1H3,(H,14,17). The Morgan fingerprint density at radius 1 is 1.47 bits per heavy atom. The molecule has 0 atom stereocenters. The van der Waals surface area contributed by atoms with Gasteiger partial charge in [-0.3, -0.25) is 4.79 Å². The van der Waals surface area contributed by atoms with E-state index in [9.17, 15) is 4.79 Å². The van der Waals surface area contributed by atoms with E-state index < -0.39 is 0 Å². The van der Waals surface area contributed by atoms with Gasteiger partial charge in [0.1, 0.15) is 5.88 Å². The van der Waals surface area contributed by atoms with Gasteiger partial charge in [0.05, 0.1) is 11.4 Å². The van der Waals surface area contributed by atoms with Crippen LogP contribution in [0.15, 0.2) is 36.5 Å². The van der Waals surface area contributed by atoms with Crippen LogP contribution in [0, 0.1) is 6.92 Å². The zero-order chi connectivity index (χ0) is 12.3. The fraction of sp³-hybridized carbons (Fsp3) is 0.167. The van der Waals surface area contributed by atoms with Gasteiger partial charge < -0.3 is 5.32 Å². The lowest BCUT2D eigenvalue weighted by Crippen LogP contribution is -2.12. The van der Waals surface area contributed by atoms with Gasteiger partial charge in [0.15, 0.2) is 0 Å². The second-order valence-electron chi connectivity index (χ2n) is 3.63. The fourth-order valence-corrected chi connectivity index (χ4v) is 1.55. The molecule has 5 heteroatoms. The summed E-state index contributed by atoms with van der Waals surface area (Å²) >= 11 is 5.43. The highest BCUT2D eigenvalue weighted by atomic mass is 35.5. The van der Waals surface area contributed by atoms with E-state index in [0.29, 0.717) is 5.69 Å². The maximum Gasteiger partial charge on any atom is 0.239 e. The first-order chi connectivity index (χ1) is 8.19. The average molecular weight is 250 g/mol. The third-order valence-electron chi connectivity index (χ3n) is 2.24. The molecule has 0 radical (unpaired) electrons. The Bertz CT molecular complexity index is 536. The van der Waals surface area contributed by atoms with Gasteiger partial charge >= 0.3 is 0 Å². The Hall–Kier alpha value is -1.81. The molecule has 1 amide bonds. The highest BCUT2D eigenvalue weighted by Crippen LogP contribution is 2.14. The van der Waals surface area contributed by atoms with Crippen molar-refractivity contribution in [1.29, 1.82) is 0 Å². The number of hydrogen-bond acceptors (Lipinski definition) is 2. The van der Waals surface area contributed by atoms with Gasteiger partial charge in [-0.2, -0.15) is 5.10 Å². The van der Waals surface area contributed by atoms with Crippen LogP contribution in [0.5, 0.6) is 0 Å². The zero-order valence-corrected chi connectivity index (χ0v) is 10.1. The van der Waals surface area contributed by atoms with E-state index in [2.05, 4.69) is 10.4 Å². The van der Waals surface area contributed by atoms with Gasteiger partial charge in [0.25, 0.3) is 0 Å². The van der Waals surface area contributed by atoms with Crippen molar-refractivity contribution < 1.29 is 4.79 Å². The molecular formula is C12H12ClN3O. The van der Waals surface area contributed by atoms with Gasteiger partial charge in [-0.25, -0.2) is 4.68 Å². The molecule has 0 bridgehead atoms. The monoisotopic (exact) mass is 249 g/mol. The number of hydrogen-bond donors (Lipinski definition) is 1. The summed E-state index contributed by atoms with van der Waals surface area (Å²) in [6.07, 6.45) is 1.87. The minimum absolute atomic E-state index is 0.0505. The number of benzene rings is 1. The Balaban J connectivity index is 2.25. The van der Waals surface area contributed by atoms with Crippen LogP contribution in [-0.2, 0) is 4.79 Å². The second kappa shape index (κ2) is 5.01. The van der Waals surface area contributed by atoms with E-state index in [1.54, 1.807) is 4.68 Å². The molecule has 0 saturated carbocycles. The van der Waals surface area contributed by atoms with Crippen molar-refractivity contribution in [3.05, 3.63) is 42.2 Å². The van der Waals surface area contributed by atoms with E-state index >= 15 is 0 Å². The molecule has 2 aromatic rings. The van der Waals surface area contributed by atoms with Gasteiger partial charge in [-0.15, -0.1) is 11.6 Å². The highest BCUT2D eigenvalue weighted by Gasteiger charge is 2.02. The van der Waals surface area contributed by atoms with Crippen LogP contribution in [0.3, 0.4) is 0 Å². The zero-order valence-electron chi connectivity index (χ0n) is 9.35. The number of nitrogens with one attached hydrogen (secondary N) is 1. The number of aromatic nitrogens is 2. The van der Waals surface area contributed by atoms with Crippen molar-refractivity contribution >= 4 is 23.2 Å². The third kappa shape index (κ3) is 2.85. The summed E-state index contributed by atoms with van der Waals surface area (Å²) in [6, 6.07) is 9.35. The van der Waals surface area contributed by atoms with E-state index in [1.165, 1.54) is 0 Å². The topological polar surface area (TPSA) is 46.9 Å². The summed E-state index contributed by atoms with van der Waals surface area (Å²) in [4.78, 5) is 11.2. The molecule has 0 saturated heterocycles. The van der Waals surface area contributed by atoms with Crippen LogP contribution in [-0.4, -0.2) is 21.6 Å². The second-order valence-corrected chi connectivity index (χ2v) is 3.90. The summed E-state index contributed by atoms with van der Waals surface area (Å²) in [5.41, 5.74) is 2.55. The number of nitrogens with zero attached hydrogens (tertiary/aromatic N) is 2. The Kier molecular flexibility index (Phi) is 3.44. The summed E-state index contributed by atoms with van der Waals surface area (Å²) in [5.74, 6) is -0.272. The molecule has 1 N–H and O–H groups in total. The Morgan fingerprint density at radius 2 is 2.29 bits per heavy atom. The molecule has 0 aliphatic rings. The van der Waals surface area contributed by atoms with E-state index in [1.807, 2.05) is 43.5 Å². The molecule has 0 spiro atoms. The van der Waals surface area contributed by atoms with E-state index in [0.717, 1.165) is 11.4 Å². The van der Waals surface area contributed by atoms with E-state index in [4.69, 9.17) is 11.6 Å². The number of alkyl halides is 1. The average Bonchev–Trinajstić information content (AvgIpc) is 2.76. The maximum atomic E-state index is 11.2. The smallest absolute Gasteiger partial charge is 0.239 e. The first-order valence-electron chi connectivity index (χ1n) is 5.17. The number of amides is 1. The molecule has 0 aliphatic heterocycles. The maximum absolute atomic E-state index is 11.2. The molecule has 0 unspecified atom stereocenters. The number of carbonyl (C=O) groups is 1. The lowest BCUT2D eigenvalue weighted by atomic mass is 10.3. The number of anilines is 1. The Labute approximate surface area is 104 Å². The van der Waals surface area contributed by atoms with Gasteiger partial charge in [-0.05, 0) is 31.2 Å². The first kappa shape index (κ1) is 11.7. The van der Waals surface area contributed by atoms with Crippen molar-refractivity contribution in [1.82, 2.24) is 9.78 Å². The molecule has 4 nitrogen and oxygen atoms in total. The lowest BCUT2D eigenvalue weighted by molar-refractivity contribution is -0.113. The molecule has 2 rings (SSSR count). The minimum atomic E-state index is -0.222. The Morgan fingerprint density at radius 3 is 2.94 bits per heavy atom. The van der Waals surface area contributed by atoms with Gasteiger partial charge in [0, 0.05) is 11.9 Å². The quantitative estimate of drug-likeness (QED) is 0.849. The normalized spacial score (nSPS) is 10.2. The summed E-state index contributed by atoms with van der Waals surface area (Å²) in [6.45, 7) is 1.93. The van der Waals surface area contributed by atoms with Crippen LogP contribution in [0.2, 0.25) is 0 Å². The lowest BCUT2D eigenvalue weighted by Gasteiger charge is -2.06. The van der Waals surface area contributed by atoms with Crippen LogP contribution >= 0.6 is 11.6 Å². The molecule has 0 aliphatic carbocycles. The summed E-state index contributed by atoms with van der Waals surface area (Å²) in [7, 11) is 0. The molecule has 1 heterocycles.